The zero-order valence-corrected chi connectivity index (χ0v) is 19.7. The van der Waals surface area contributed by atoms with Crippen LogP contribution in [0.1, 0.15) is 111 Å². The molecule has 0 heterocycles. The molecule has 3 unspecified atom stereocenters. The Labute approximate surface area is 180 Å². The number of rotatable bonds is 6. The SMILES string of the molecule is CCC(O)CCC[C@@H](C)[C@H]1CC[C@H]2C3CC[C@H]4C[C@@H](O)CC[C@]4(C)C3CC[C@]12C. The van der Waals surface area contributed by atoms with Crippen LogP contribution in [-0.4, -0.2) is 22.4 Å². The summed E-state index contributed by atoms with van der Waals surface area (Å²) in [6, 6.07) is 0. The molecule has 2 N–H and O–H groups in total. The van der Waals surface area contributed by atoms with Crippen molar-refractivity contribution >= 4 is 0 Å². The predicted octanol–water partition coefficient (Wildman–Crippen LogP) is 6.58. The molecule has 0 aromatic rings. The van der Waals surface area contributed by atoms with E-state index in [-0.39, 0.29) is 12.2 Å². The van der Waals surface area contributed by atoms with Gasteiger partial charge < -0.3 is 10.2 Å². The lowest BCUT2D eigenvalue weighted by molar-refractivity contribution is -0.129. The Bertz CT molecular complexity index is 561. The number of hydrogen-bond acceptors (Lipinski definition) is 2. The minimum Gasteiger partial charge on any atom is -0.393 e. The van der Waals surface area contributed by atoms with E-state index < -0.39 is 0 Å². The third-order valence-corrected chi connectivity index (χ3v) is 11.1. The average Bonchev–Trinajstić information content (AvgIpc) is 3.05. The first-order chi connectivity index (χ1) is 13.8. The average molecular weight is 405 g/mol. The molecule has 0 amide bonds. The van der Waals surface area contributed by atoms with Crippen molar-refractivity contribution in [1.82, 2.24) is 0 Å². The Morgan fingerprint density at radius 3 is 2.38 bits per heavy atom. The highest BCUT2D eigenvalue weighted by atomic mass is 16.3. The van der Waals surface area contributed by atoms with Gasteiger partial charge in [-0.1, -0.05) is 40.5 Å². The fourth-order valence-electron chi connectivity index (χ4n) is 9.29. The molecule has 168 valence electrons. The molecule has 0 aromatic heterocycles. The van der Waals surface area contributed by atoms with Crippen LogP contribution in [-0.2, 0) is 0 Å². The van der Waals surface area contributed by atoms with Gasteiger partial charge in [-0.3, -0.25) is 0 Å². The third-order valence-electron chi connectivity index (χ3n) is 11.1. The fourth-order valence-corrected chi connectivity index (χ4v) is 9.29. The third kappa shape index (κ3) is 3.84. The molecule has 0 radical (unpaired) electrons. The Kier molecular flexibility index (Phi) is 6.45. The van der Waals surface area contributed by atoms with E-state index in [1.165, 1.54) is 57.8 Å². The van der Waals surface area contributed by atoms with Gasteiger partial charge in [0.15, 0.2) is 0 Å². The van der Waals surface area contributed by atoms with Crippen molar-refractivity contribution < 1.29 is 10.2 Å². The highest BCUT2D eigenvalue weighted by Gasteiger charge is 2.60. The Morgan fingerprint density at radius 1 is 0.897 bits per heavy atom. The fraction of sp³-hybridized carbons (Fsp3) is 1.00. The van der Waals surface area contributed by atoms with Gasteiger partial charge in [-0.15, -0.1) is 0 Å². The molecule has 4 saturated carbocycles. The van der Waals surface area contributed by atoms with E-state index in [1.807, 2.05) is 0 Å². The van der Waals surface area contributed by atoms with Crippen molar-refractivity contribution in [2.24, 2.45) is 46.3 Å². The van der Waals surface area contributed by atoms with Gasteiger partial charge in [0.1, 0.15) is 0 Å². The molecule has 4 aliphatic carbocycles. The molecule has 10 atom stereocenters. The van der Waals surface area contributed by atoms with Crippen LogP contribution in [0, 0.1) is 46.3 Å². The highest BCUT2D eigenvalue weighted by Crippen LogP contribution is 2.68. The van der Waals surface area contributed by atoms with E-state index in [2.05, 4.69) is 27.7 Å². The predicted molar refractivity (Wildman–Crippen MR) is 121 cm³/mol. The second kappa shape index (κ2) is 8.45. The zero-order valence-electron chi connectivity index (χ0n) is 19.7. The van der Waals surface area contributed by atoms with Gasteiger partial charge >= 0.3 is 0 Å². The van der Waals surface area contributed by atoms with Crippen LogP contribution < -0.4 is 0 Å². The molecule has 0 aromatic carbocycles. The lowest BCUT2D eigenvalue weighted by Crippen LogP contribution is -2.54. The first-order valence-corrected chi connectivity index (χ1v) is 13.2. The smallest absolute Gasteiger partial charge is 0.0543 e. The molecule has 0 spiro atoms. The van der Waals surface area contributed by atoms with E-state index in [9.17, 15) is 10.2 Å². The van der Waals surface area contributed by atoms with Gasteiger partial charge in [0.25, 0.3) is 0 Å². The summed E-state index contributed by atoms with van der Waals surface area (Å²) in [7, 11) is 0. The lowest BCUT2D eigenvalue weighted by Gasteiger charge is -2.61. The Balaban J connectivity index is 1.43. The van der Waals surface area contributed by atoms with Gasteiger partial charge in [-0.2, -0.15) is 0 Å². The van der Waals surface area contributed by atoms with Gasteiger partial charge in [0.2, 0.25) is 0 Å². The second-order valence-corrected chi connectivity index (χ2v) is 12.3. The second-order valence-electron chi connectivity index (χ2n) is 12.3. The van der Waals surface area contributed by atoms with E-state index in [1.54, 1.807) is 0 Å². The molecule has 0 bridgehead atoms. The van der Waals surface area contributed by atoms with Crippen LogP contribution in [0.25, 0.3) is 0 Å². The normalized spacial score (nSPS) is 49.0. The van der Waals surface area contributed by atoms with Crippen LogP contribution in [0.3, 0.4) is 0 Å². The summed E-state index contributed by atoms with van der Waals surface area (Å²) in [5.41, 5.74) is 1.06. The van der Waals surface area contributed by atoms with Crippen molar-refractivity contribution in [3.05, 3.63) is 0 Å². The lowest BCUT2D eigenvalue weighted by atomic mass is 9.44. The number of aliphatic hydroxyl groups excluding tert-OH is 2. The first kappa shape index (κ1) is 22.1. The van der Waals surface area contributed by atoms with Crippen molar-refractivity contribution in [2.75, 3.05) is 0 Å². The quantitative estimate of drug-likeness (QED) is 0.524. The largest absolute Gasteiger partial charge is 0.393 e. The number of fused-ring (bicyclic) bond motifs is 5. The van der Waals surface area contributed by atoms with E-state index in [0.29, 0.717) is 10.8 Å². The van der Waals surface area contributed by atoms with Crippen molar-refractivity contribution in [3.8, 4) is 0 Å². The molecule has 29 heavy (non-hydrogen) atoms. The highest BCUT2D eigenvalue weighted by molar-refractivity contribution is 5.09. The van der Waals surface area contributed by atoms with Crippen molar-refractivity contribution in [2.45, 2.75) is 123 Å². The molecule has 4 rings (SSSR count). The number of hydrogen-bond donors (Lipinski definition) is 2. The summed E-state index contributed by atoms with van der Waals surface area (Å²) < 4.78 is 0. The van der Waals surface area contributed by atoms with Crippen LogP contribution in [0.2, 0.25) is 0 Å². The van der Waals surface area contributed by atoms with Crippen molar-refractivity contribution in [3.63, 3.8) is 0 Å². The Hall–Kier alpha value is -0.0800. The minimum atomic E-state index is -0.0884. The van der Waals surface area contributed by atoms with Crippen molar-refractivity contribution in [1.29, 1.82) is 0 Å². The molecule has 4 fully saturated rings. The molecule has 0 aliphatic heterocycles. The van der Waals surface area contributed by atoms with Gasteiger partial charge in [-0.05, 0) is 117 Å². The maximum atomic E-state index is 10.3. The van der Waals surface area contributed by atoms with Crippen LogP contribution in [0.15, 0.2) is 0 Å². The number of aliphatic hydroxyl groups is 2. The van der Waals surface area contributed by atoms with Gasteiger partial charge in [0.05, 0.1) is 12.2 Å². The topological polar surface area (TPSA) is 40.5 Å². The summed E-state index contributed by atoms with van der Waals surface area (Å²) in [6.07, 6.45) is 16.3. The molecule has 2 nitrogen and oxygen atoms in total. The van der Waals surface area contributed by atoms with E-state index in [4.69, 9.17) is 0 Å². The molecular formula is C27H48O2. The minimum absolute atomic E-state index is 0.0265. The van der Waals surface area contributed by atoms with Gasteiger partial charge in [0, 0.05) is 0 Å². The van der Waals surface area contributed by atoms with Crippen LogP contribution in [0.5, 0.6) is 0 Å². The maximum Gasteiger partial charge on any atom is 0.0543 e. The molecule has 2 heteroatoms. The van der Waals surface area contributed by atoms with E-state index >= 15 is 0 Å². The molecule has 0 saturated heterocycles. The summed E-state index contributed by atoms with van der Waals surface area (Å²) in [5.74, 6) is 5.29. The van der Waals surface area contributed by atoms with E-state index in [0.717, 1.165) is 61.2 Å². The summed E-state index contributed by atoms with van der Waals surface area (Å²) in [5, 5.41) is 20.2. The zero-order chi connectivity index (χ0) is 20.8. The standard InChI is InChI=1S/C27H48O2/c1-5-20(28)8-6-7-18(2)23-11-12-24-22-10-9-19-17-21(29)13-15-26(19,3)25(22)14-16-27(23,24)4/h18-25,28-29H,5-17H2,1-4H3/t18-,19+,20?,21+,22?,23-,24+,25?,26+,27-/m1/s1. The molecule has 4 aliphatic rings. The molecular weight excluding hydrogens is 356 g/mol. The first-order valence-electron chi connectivity index (χ1n) is 13.2. The summed E-state index contributed by atoms with van der Waals surface area (Å²) in [4.78, 5) is 0. The Morgan fingerprint density at radius 2 is 1.62 bits per heavy atom. The monoisotopic (exact) mass is 404 g/mol. The van der Waals surface area contributed by atoms with Gasteiger partial charge in [-0.25, -0.2) is 0 Å². The summed E-state index contributed by atoms with van der Waals surface area (Å²) >= 11 is 0. The summed E-state index contributed by atoms with van der Waals surface area (Å²) in [6.45, 7) is 9.89. The maximum absolute atomic E-state index is 10.3. The van der Waals surface area contributed by atoms with Crippen LogP contribution in [0.4, 0.5) is 0 Å². The van der Waals surface area contributed by atoms with Crippen LogP contribution >= 0.6 is 0 Å².